The monoisotopic (exact) mass is 276 g/mol. The van der Waals surface area contributed by atoms with Gasteiger partial charge in [0.05, 0.1) is 0 Å². The van der Waals surface area contributed by atoms with Crippen LogP contribution in [0, 0.1) is 6.92 Å². The third kappa shape index (κ3) is 4.10. The van der Waals surface area contributed by atoms with E-state index >= 15 is 0 Å². The van der Waals surface area contributed by atoms with E-state index in [-0.39, 0.29) is 0 Å². The Labute approximate surface area is 118 Å². The molecule has 1 aromatic carbocycles. The fraction of sp³-hybridized carbons (Fsp3) is 0.286. The lowest BCUT2D eigenvalue weighted by molar-refractivity contribution is 0.871. The first-order valence-electron chi connectivity index (χ1n) is 6.18. The highest BCUT2D eigenvalue weighted by molar-refractivity contribution is 6.30. The van der Waals surface area contributed by atoms with Gasteiger partial charge in [-0.1, -0.05) is 17.7 Å². The Morgan fingerprint density at radius 3 is 2.63 bits per heavy atom. The quantitative estimate of drug-likeness (QED) is 0.886. The van der Waals surface area contributed by atoms with Gasteiger partial charge in [0.1, 0.15) is 5.82 Å². The highest BCUT2D eigenvalue weighted by atomic mass is 35.5. The van der Waals surface area contributed by atoms with Gasteiger partial charge in [0.15, 0.2) is 0 Å². The van der Waals surface area contributed by atoms with Gasteiger partial charge in [-0.05, 0) is 39.0 Å². The molecular formula is C14H17ClN4. The highest BCUT2D eigenvalue weighted by Gasteiger charge is 2.04. The summed E-state index contributed by atoms with van der Waals surface area (Å²) in [5.41, 5.74) is 1.81. The van der Waals surface area contributed by atoms with Crippen LogP contribution in [0.25, 0.3) is 0 Å². The molecule has 2 aromatic rings. The van der Waals surface area contributed by atoms with Gasteiger partial charge < -0.3 is 10.6 Å². The smallest absolute Gasteiger partial charge is 0.225 e. The molecule has 0 spiro atoms. The van der Waals surface area contributed by atoms with Gasteiger partial charge >= 0.3 is 0 Å². The number of aromatic nitrogens is 2. The van der Waals surface area contributed by atoms with E-state index < -0.39 is 0 Å². The van der Waals surface area contributed by atoms with E-state index in [0.29, 0.717) is 17.0 Å². The molecule has 0 aliphatic heterocycles. The zero-order chi connectivity index (χ0) is 13.8. The van der Waals surface area contributed by atoms with Crippen molar-refractivity contribution in [1.29, 1.82) is 0 Å². The predicted molar refractivity (Wildman–Crippen MR) is 80.3 cm³/mol. The van der Waals surface area contributed by atoms with Crippen LogP contribution in [0.5, 0.6) is 0 Å². The summed E-state index contributed by atoms with van der Waals surface area (Å²) < 4.78 is 0. The van der Waals surface area contributed by atoms with Crippen LogP contribution in [-0.4, -0.2) is 16.0 Å². The zero-order valence-corrected chi connectivity index (χ0v) is 12.0. The molecule has 0 aliphatic rings. The molecule has 0 radical (unpaired) electrons. The van der Waals surface area contributed by atoms with E-state index in [9.17, 15) is 0 Å². The summed E-state index contributed by atoms with van der Waals surface area (Å²) in [4.78, 5) is 8.77. The molecular weight excluding hydrogens is 260 g/mol. The molecule has 0 aliphatic carbocycles. The average Bonchev–Trinajstić information content (AvgIpc) is 2.26. The van der Waals surface area contributed by atoms with Crippen molar-refractivity contribution in [1.82, 2.24) is 9.97 Å². The second-order valence-corrected chi connectivity index (χ2v) is 5.09. The molecule has 0 amide bonds. The molecule has 0 saturated heterocycles. The number of halogens is 1. The van der Waals surface area contributed by atoms with E-state index in [1.165, 1.54) is 0 Å². The van der Waals surface area contributed by atoms with Crippen LogP contribution in [0.4, 0.5) is 17.5 Å². The Balaban J connectivity index is 2.22. The van der Waals surface area contributed by atoms with Crippen LogP contribution < -0.4 is 10.6 Å². The second kappa shape index (κ2) is 5.89. The van der Waals surface area contributed by atoms with E-state index in [2.05, 4.69) is 34.4 Å². The van der Waals surface area contributed by atoms with Crippen LogP contribution in [0.15, 0.2) is 30.3 Å². The number of nitrogens with one attached hydrogen (secondary N) is 2. The topological polar surface area (TPSA) is 49.8 Å². The summed E-state index contributed by atoms with van der Waals surface area (Å²) >= 11 is 5.96. The van der Waals surface area contributed by atoms with E-state index in [4.69, 9.17) is 11.6 Å². The van der Waals surface area contributed by atoms with Gasteiger partial charge in [0.2, 0.25) is 5.95 Å². The molecule has 1 aromatic heterocycles. The normalized spacial score (nSPS) is 10.6. The molecule has 2 rings (SSSR count). The SMILES string of the molecule is Cc1cc(Nc2cccc(Cl)c2)nc(NC(C)C)n1. The number of hydrogen-bond donors (Lipinski definition) is 2. The van der Waals surface area contributed by atoms with Crippen LogP contribution >= 0.6 is 11.6 Å². The lowest BCUT2D eigenvalue weighted by Gasteiger charge is -2.11. The number of rotatable bonds is 4. The Bertz CT molecular complexity index is 569. The molecule has 0 unspecified atom stereocenters. The van der Waals surface area contributed by atoms with Crippen molar-refractivity contribution >= 4 is 29.1 Å². The van der Waals surface area contributed by atoms with Crippen molar-refractivity contribution in [2.75, 3.05) is 10.6 Å². The standard InChI is InChI=1S/C14H17ClN4/c1-9(2)16-14-17-10(3)7-13(19-14)18-12-6-4-5-11(15)8-12/h4-9H,1-3H3,(H2,16,17,18,19). The summed E-state index contributed by atoms with van der Waals surface area (Å²) in [6.45, 7) is 6.04. The number of anilines is 3. The molecule has 0 saturated carbocycles. The van der Waals surface area contributed by atoms with Gasteiger partial charge in [-0.15, -0.1) is 0 Å². The Morgan fingerprint density at radius 2 is 1.95 bits per heavy atom. The molecule has 100 valence electrons. The van der Waals surface area contributed by atoms with Gasteiger partial charge in [-0.2, -0.15) is 4.98 Å². The van der Waals surface area contributed by atoms with E-state index in [0.717, 1.165) is 17.2 Å². The first-order valence-corrected chi connectivity index (χ1v) is 6.55. The summed E-state index contributed by atoms with van der Waals surface area (Å²) in [6.07, 6.45) is 0. The first kappa shape index (κ1) is 13.6. The van der Waals surface area contributed by atoms with Crippen LogP contribution in [0.1, 0.15) is 19.5 Å². The zero-order valence-electron chi connectivity index (χ0n) is 11.2. The summed E-state index contributed by atoms with van der Waals surface area (Å²) in [7, 11) is 0. The molecule has 0 atom stereocenters. The van der Waals surface area contributed by atoms with Crippen molar-refractivity contribution in [2.45, 2.75) is 26.8 Å². The Kier molecular flexibility index (Phi) is 4.22. The minimum absolute atomic E-state index is 0.292. The third-order valence-corrected chi connectivity index (χ3v) is 2.60. The van der Waals surface area contributed by atoms with Crippen molar-refractivity contribution in [3.63, 3.8) is 0 Å². The van der Waals surface area contributed by atoms with Crippen LogP contribution in [0.3, 0.4) is 0 Å². The largest absolute Gasteiger partial charge is 0.352 e. The van der Waals surface area contributed by atoms with Crippen molar-refractivity contribution in [3.8, 4) is 0 Å². The second-order valence-electron chi connectivity index (χ2n) is 4.65. The lowest BCUT2D eigenvalue weighted by atomic mass is 10.3. The maximum atomic E-state index is 5.96. The molecule has 5 heteroatoms. The third-order valence-electron chi connectivity index (χ3n) is 2.37. The minimum Gasteiger partial charge on any atom is -0.352 e. The van der Waals surface area contributed by atoms with Crippen LogP contribution in [0.2, 0.25) is 5.02 Å². The molecule has 2 N–H and O–H groups in total. The number of hydrogen-bond acceptors (Lipinski definition) is 4. The van der Waals surface area contributed by atoms with Gasteiger partial charge in [-0.25, -0.2) is 4.98 Å². The van der Waals surface area contributed by atoms with E-state index in [1.54, 1.807) is 0 Å². The maximum Gasteiger partial charge on any atom is 0.225 e. The fourth-order valence-corrected chi connectivity index (χ4v) is 1.86. The van der Waals surface area contributed by atoms with Crippen molar-refractivity contribution in [2.24, 2.45) is 0 Å². The number of benzene rings is 1. The minimum atomic E-state index is 0.292. The molecule has 0 bridgehead atoms. The molecule has 1 heterocycles. The van der Waals surface area contributed by atoms with Crippen molar-refractivity contribution in [3.05, 3.63) is 41.0 Å². The Morgan fingerprint density at radius 1 is 1.16 bits per heavy atom. The van der Waals surface area contributed by atoms with E-state index in [1.807, 2.05) is 37.3 Å². The molecule has 19 heavy (non-hydrogen) atoms. The predicted octanol–water partition coefficient (Wildman–Crippen LogP) is 4.00. The number of nitrogens with zero attached hydrogens (tertiary/aromatic N) is 2. The van der Waals surface area contributed by atoms with Gasteiger partial charge in [0, 0.05) is 28.5 Å². The average molecular weight is 277 g/mol. The highest BCUT2D eigenvalue weighted by Crippen LogP contribution is 2.20. The lowest BCUT2D eigenvalue weighted by Crippen LogP contribution is -2.13. The van der Waals surface area contributed by atoms with Crippen molar-refractivity contribution < 1.29 is 0 Å². The number of aryl methyl sites for hydroxylation is 1. The van der Waals surface area contributed by atoms with Crippen LogP contribution in [-0.2, 0) is 0 Å². The van der Waals surface area contributed by atoms with Gasteiger partial charge in [0.25, 0.3) is 0 Å². The molecule has 0 fully saturated rings. The summed E-state index contributed by atoms with van der Waals surface area (Å²) in [5, 5.41) is 7.11. The fourth-order valence-electron chi connectivity index (χ4n) is 1.67. The molecule has 4 nitrogen and oxygen atoms in total. The summed E-state index contributed by atoms with van der Waals surface area (Å²) in [5.74, 6) is 1.37. The van der Waals surface area contributed by atoms with Gasteiger partial charge in [-0.3, -0.25) is 0 Å². The first-order chi connectivity index (χ1) is 9.02. The summed E-state index contributed by atoms with van der Waals surface area (Å²) in [6, 6.07) is 9.72. The maximum absolute atomic E-state index is 5.96. The Hall–Kier alpha value is -1.81.